The monoisotopic (exact) mass is 370 g/mol. The predicted molar refractivity (Wildman–Crippen MR) is 103 cm³/mol. The second-order valence-corrected chi connectivity index (χ2v) is 7.58. The number of hydrogen-bond donors (Lipinski definition) is 2. The molecule has 2 aliphatic rings. The fourth-order valence-corrected chi connectivity index (χ4v) is 4.89. The Labute approximate surface area is 157 Å². The Hall–Kier alpha value is -2.47. The van der Waals surface area contributed by atoms with Crippen molar-refractivity contribution in [2.24, 2.45) is 0 Å². The predicted octanol–water partition coefficient (Wildman–Crippen LogP) is 4.05. The van der Waals surface area contributed by atoms with Gasteiger partial charge in [-0.1, -0.05) is 18.7 Å². The summed E-state index contributed by atoms with van der Waals surface area (Å²) in [7, 11) is 1.61. The van der Waals surface area contributed by atoms with Crippen molar-refractivity contribution in [2.75, 3.05) is 19.0 Å². The summed E-state index contributed by atoms with van der Waals surface area (Å²) in [5.74, 6) is 1.30. The van der Waals surface area contributed by atoms with Gasteiger partial charge in [0.2, 0.25) is 0 Å². The van der Waals surface area contributed by atoms with Gasteiger partial charge in [0.1, 0.15) is 17.8 Å². The second-order valence-electron chi connectivity index (χ2n) is 6.48. The van der Waals surface area contributed by atoms with Crippen molar-refractivity contribution < 1.29 is 14.3 Å². The topological polar surface area (TPSA) is 59.6 Å². The number of rotatable bonds is 5. The third-order valence-corrected chi connectivity index (χ3v) is 6.05. The lowest BCUT2D eigenvalue weighted by molar-refractivity contribution is 0.0935. The number of ether oxygens (including phenoxy) is 2. The van der Waals surface area contributed by atoms with Crippen LogP contribution in [0, 0.1) is 0 Å². The standard InChI is InChI=1S/C20H22N2O3S/c1-3-10-25-14-9-8-12(11-15(14)24-2)18-21-19(23)17-13-6-4-5-7-16(13)26-20(17)22-18/h3,8-9,11,18,22H,1,4-7,10H2,2H3,(H,21,23)/t18-/m1/s1. The number of carbonyl (C=O) groups is 1. The van der Waals surface area contributed by atoms with Crippen LogP contribution < -0.4 is 20.1 Å². The van der Waals surface area contributed by atoms with Crippen molar-refractivity contribution in [2.45, 2.75) is 31.8 Å². The Morgan fingerprint density at radius 3 is 2.92 bits per heavy atom. The highest BCUT2D eigenvalue weighted by molar-refractivity contribution is 7.16. The smallest absolute Gasteiger partial charge is 0.256 e. The molecule has 2 N–H and O–H groups in total. The molecule has 0 fully saturated rings. The minimum atomic E-state index is -0.280. The molecular weight excluding hydrogens is 348 g/mol. The lowest BCUT2D eigenvalue weighted by Crippen LogP contribution is -2.38. The van der Waals surface area contributed by atoms with Crippen molar-refractivity contribution in [3.63, 3.8) is 0 Å². The van der Waals surface area contributed by atoms with Crippen molar-refractivity contribution in [3.05, 3.63) is 52.4 Å². The van der Waals surface area contributed by atoms with E-state index in [9.17, 15) is 4.79 Å². The van der Waals surface area contributed by atoms with Gasteiger partial charge in [-0.2, -0.15) is 0 Å². The van der Waals surface area contributed by atoms with E-state index in [1.165, 1.54) is 16.9 Å². The summed E-state index contributed by atoms with van der Waals surface area (Å²) in [6.07, 6.45) is 5.87. The average molecular weight is 370 g/mol. The number of fused-ring (bicyclic) bond motifs is 3. The zero-order valence-corrected chi connectivity index (χ0v) is 15.6. The molecule has 136 valence electrons. The quantitative estimate of drug-likeness (QED) is 0.780. The zero-order valence-electron chi connectivity index (χ0n) is 14.8. The Bertz CT molecular complexity index is 859. The van der Waals surface area contributed by atoms with Gasteiger partial charge in [0.15, 0.2) is 11.5 Å². The van der Waals surface area contributed by atoms with Gasteiger partial charge in [0.25, 0.3) is 5.91 Å². The first-order valence-electron chi connectivity index (χ1n) is 8.85. The fraction of sp³-hybridized carbons (Fsp3) is 0.350. The fourth-order valence-electron chi connectivity index (χ4n) is 3.58. The van der Waals surface area contributed by atoms with Crippen molar-refractivity contribution >= 4 is 22.2 Å². The van der Waals surface area contributed by atoms with Crippen LogP contribution in [-0.2, 0) is 12.8 Å². The van der Waals surface area contributed by atoms with Crippen LogP contribution in [-0.4, -0.2) is 19.6 Å². The maximum atomic E-state index is 12.8. The summed E-state index contributed by atoms with van der Waals surface area (Å²) < 4.78 is 11.0. The van der Waals surface area contributed by atoms with E-state index in [1.807, 2.05) is 18.2 Å². The summed E-state index contributed by atoms with van der Waals surface area (Å²) >= 11 is 1.73. The normalized spacial score (nSPS) is 18.2. The highest BCUT2D eigenvalue weighted by atomic mass is 32.1. The highest BCUT2D eigenvalue weighted by Gasteiger charge is 2.32. The Kier molecular flexibility index (Phi) is 4.59. The van der Waals surface area contributed by atoms with Crippen LogP contribution in [0.1, 0.15) is 45.4 Å². The zero-order chi connectivity index (χ0) is 18.1. The SMILES string of the molecule is C=CCOc1ccc([C@@H]2NC(=O)c3c(sc4c3CCCC4)N2)cc1OC. The van der Waals surface area contributed by atoms with Crippen LogP contribution in [0.3, 0.4) is 0 Å². The van der Waals surface area contributed by atoms with E-state index >= 15 is 0 Å². The molecule has 0 bridgehead atoms. The van der Waals surface area contributed by atoms with Crippen LogP contribution in [0.5, 0.6) is 11.5 Å². The number of aryl methyl sites for hydroxylation is 1. The van der Waals surface area contributed by atoms with Gasteiger partial charge in [-0.25, -0.2) is 0 Å². The molecule has 2 heterocycles. The number of thiophene rings is 1. The van der Waals surface area contributed by atoms with Crippen molar-refractivity contribution in [3.8, 4) is 11.5 Å². The maximum absolute atomic E-state index is 12.8. The third kappa shape index (κ3) is 2.94. The molecule has 1 amide bonds. The number of amides is 1. The molecular formula is C20H22N2O3S. The summed E-state index contributed by atoms with van der Waals surface area (Å²) in [5, 5.41) is 7.55. The van der Waals surface area contributed by atoms with E-state index in [0.29, 0.717) is 18.1 Å². The van der Waals surface area contributed by atoms with Crippen molar-refractivity contribution in [1.82, 2.24) is 5.32 Å². The lowest BCUT2D eigenvalue weighted by Gasteiger charge is -2.27. The molecule has 4 rings (SSSR count). The minimum Gasteiger partial charge on any atom is -0.493 e. The van der Waals surface area contributed by atoms with E-state index in [1.54, 1.807) is 24.5 Å². The first-order chi connectivity index (χ1) is 12.7. The van der Waals surface area contributed by atoms with E-state index in [4.69, 9.17) is 9.47 Å². The van der Waals surface area contributed by atoms with Gasteiger partial charge in [-0.3, -0.25) is 4.79 Å². The number of hydrogen-bond acceptors (Lipinski definition) is 5. The van der Waals surface area contributed by atoms with E-state index < -0.39 is 0 Å². The Morgan fingerprint density at radius 1 is 1.27 bits per heavy atom. The summed E-state index contributed by atoms with van der Waals surface area (Å²) in [6, 6.07) is 5.70. The summed E-state index contributed by atoms with van der Waals surface area (Å²) in [6.45, 7) is 4.07. The number of anilines is 1. The molecule has 0 saturated carbocycles. The molecule has 0 unspecified atom stereocenters. The lowest BCUT2D eigenvalue weighted by atomic mass is 9.94. The molecule has 0 spiro atoms. The van der Waals surface area contributed by atoms with E-state index in [-0.39, 0.29) is 12.1 Å². The van der Waals surface area contributed by atoms with Crippen LogP contribution in [0.2, 0.25) is 0 Å². The molecule has 5 nitrogen and oxygen atoms in total. The van der Waals surface area contributed by atoms with E-state index in [2.05, 4.69) is 17.2 Å². The molecule has 1 aromatic carbocycles. The first-order valence-corrected chi connectivity index (χ1v) is 9.66. The number of nitrogens with one attached hydrogen (secondary N) is 2. The van der Waals surface area contributed by atoms with Gasteiger partial charge in [0.05, 0.1) is 12.7 Å². The number of methoxy groups -OCH3 is 1. The Balaban J connectivity index is 1.62. The van der Waals surface area contributed by atoms with E-state index in [0.717, 1.165) is 35.4 Å². The van der Waals surface area contributed by atoms with Gasteiger partial charge in [0, 0.05) is 4.88 Å². The summed E-state index contributed by atoms with van der Waals surface area (Å²) in [5.41, 5.74) is 3.02. The van der Waals surface area contributed by atoms with Gasteiger partial charge in [-0.05, 0) is 48.9 Å². The molecule has 6 heteroatoms. The first kappa shape index (κ1) is 17.0. The number of carbonyl (C=O) groups excluding carboxylic acids is 1. The van der Waals surface area contributed by atoms with Gasteiger partial charge < -0.3 is 20.1 Å². The molecule has 26 heavy (non-hydrogen) atoms. The van der Waals surface area contributed by atoms with Crippen molar-refractivity contribution in [1.29, 1.82) is 0 Å². The van der Waals surface area contributed by atoms with Crippen LogP contribution in [0.15, 0.2) is 30.9 Å². The molecule has 1 aliphatic heterocycles. The minimum absolute atomic E-state index is 0.00843. The van der Waals surface area contributed by atoms with Crippen LogP contribution >= 0.6 is 11.3 Å². The molecule has 2 aromatic rings. The highest BCUT2D eigenvalue weighted by Crippen LogP contribution is 2.42. The van der Waals surface area contributed by atoms with Crippen LogP contribution in [0.25, 0.3) is 0 Å². The molecule has 0 saturated heterocycles. The molecule has 0 radical (unpaired) electrons. The molecule has 1 atom stereocenters. The van der Waals surface area contributed by atoms with Gasteiger partial charge in [-0.15, -0.1) is 11.3 Å². The second kappa shape index (κ2) is 7.03. The third-order valence-electron chi connectivity index (χ3n) is 4.83. The van der Waals surface area contributed by atoms with Crippen LogP contribution in [0.4, 0.5) is 5.00 Å². The largest absolute Gasteiger partial charge is 0.493 e. The molecule has 1 aromatic heterocycles. The summed E-state index contributed by atoms with van der Waals surface area (Å²) in [4.78, 5) is 14.1. The van der Waals surface area contributed by atoms with Gasteiger partial charge >= 0.3 is 0 Å². The average Bonchev–Trinajstić information content (AvgIpc) is 3.05. The molecule has 1 aliphatic carbocycles. The maximum Gasteiger partial charge on any atom is 0.256 e. The number of benzene rings is 1. The Morgan fingerprint density at radius 2 is 2.12 bits per heavy atom.